The highest BCUT2D eigenvalue weighted by Gasteiger charge is 2.10. The molecule has 3 rings (SSSR count). The van der Waals surface area contributed by atoms with Crippen molar-refractivity contribution < 1.29 is 4.79 Å². The Morgan fingerprint density at radius 3 is 2.54 bits per heavy atom. The smallest absolute Gasteiger partial charge is 0.167 e. The summed E-state index contributed by atoms with van der Waals surface area (Å²) in [5, 5.41) is 1.08. The Bertz CT molecular complexity index is 849. The Morgan fingerprint density at radius 2 is 1.79 bits per heavy atom. The average Bonchev–Trinajstić information content (AvgIpc) is 2.61. The first-order valence-electron chi connectivity index (χ1n) is 8.65. The Morgan fingerprint density at radius 1 is 1.00 bits per heavy atom. The second kappa shape index (κ2) is 7.39. The molecule has 24 heavy (non-hydrogen) atoms. The lowest BCUT2D eigenvalue weighted by Gasteiger charge is -2.07. The quantitative estimate of drug-likeness (QED) is 0.577. The zero-order valence-electron chi connectivity index (χ0n) is 14.4. The van der Waals surface area contributed by atoms with E-state index >= 15 is 0 Å². The topological polar surface area (TPSA) is 30.0 Å². The molecular weight excluding hydrogens is 294 g/mol. The van der Waals surface area contributed by atoms with Crippen molar-refractivity contribution in [1.82, 2.24) is 4.98 Å². The Kier molecular flexibility index (Phi) is 5.05. The number of benzene rings is 2. The van der Waals surface area contributed by atoms with Gasteiger partial charge in [0.05, 0.1) is 5.52 Å². The van der Waals surface area contributed by atoms with Crippen LogP contribution < -0.4 is 0 Å². The van der Waals surface area contributed by atoms with Crippen LogP contribution in [0.1, 0.15) is 46.9 Å². The zero-order chi connectivity index (χ0) is 16.9. The summed E-state index contributed by atoms with van der Waals surface area (Å²) in [5.41, 5.74) is 4.99. The van der Waals surface area contributed by atoms with Crippen molar-refractivity contribution in [2.45, 2.75) is 39.5 Å². The molecule has 0 fully saturated rings. The lowest BCUT2D eigenvalue weighted by Crippen LogP contribution is -2.05. The van der Waals surface area contributed by atoms with Crippen molar-refractivity contribution >= 4 is 16.7 Å². The maximum Gasteiger partial charge on any atom is 0.167 e. The number of ketones is 1. The second-order valence-corrected chi connectivity index (χ2v) is 6.34. The third kappa shape index (κ3) is 3.70. The van der Waals surface area contributed by atoms with E-state index in [4.69, 9.17) is 0 Å². The first kappa shape index (κ1) is 16.4. The van der Waals surface area contributed by atoms with Gasteiger partial charge < -0.3 is 0 Å². The summed E-state index contributed by atoms with van der Waals surface area (Å²) in [7, 11) is 0. The fourth-order valence-corrected chi connectivity index (χ4v) is 2.96. The van der Waals surface area contributed by atoms with E-state index in [9.17, 15) is 4.79 Å². The molecule has 0 aliphatic rings. The number of carbonyl (C=O) groups excluding carboxylic acids is 1. The standard InChI is InChI=1S/C22H23NO/c1-3-4-6-17-10-13-18(14-11-17)21(24)15-20-8-5-7-19-12-9-16(2)23-22(19)20/h5,7-14H,3-4,6,15H2,1-2H3. The molecule has 2 heteroatoms. The zero-order valence-corrected chi connectivity index (χ0v) is 14.4. The molecule has 0 radical (unpaired) electrons. The molecule has 3 aromatic rings. The fourth-order valence-electron chi connectivity index (χ4n) is 2.96. The largest absolute Gasteiger partial charge is 0.294 e. The fraction of sp³-hybridized carbons (Fsp3) is 0.273. The van der Waals surface area contributed by atoms with Crippen LogP contribution in [-0.4, -0.2) is 10.8 Å². The minimum atomic E-state index is 0.146. The third-order valence-electron chi connectivity index (χ3n) is 4.39. The number of carbonyl (C=O) groups is 1. The maximum absolute atomic E-state index is 12.6. The normalized spacial score (nSPS) is 10.9. The van der Waals surface area contributed by atoms with Gasteiger partial charge in [-0.15, -0.1) is 0 Å². The van der Waals surface area contributed by atoms with E-state index in [2.05, 4.69) is 30.1 Å². The molecule has 1 aromatic heterocycles. The van der Waals surface area contributed by atoms with E-state index in [1.165, 1.54) is 18.4 Å². The Balaban J connectivity index is 1.81. The van der Waals surface area contributed by atoms with Crippen LogP contribution in [0, 0.1) is 6.92 Å². The number of fused-ring (bicyclic) bond motifs is 1. The summed E-state index contributed by atoms with van der Waals surface area (Å²) < 4.78 is 0. The van der Waals surface area contributed by atoms with E-state index in [0.717, 1.165) is 34.1 Å². The molecule has 0 atom stereocenters. The van der Waals surface area contributed by atoms with Crippen LogP contribution in [0.5, 0.6) is 0 Å². The molecule has 0 bridgehead atoms. The van der Waals surface area contributed by atoms with Crippen LogP contribution in [0.4, 0.5) is 0 Å². The monoisotopic (exact) mass is 317 g/mol. The predicted octanol–water partition coefficient (Wildman–Crippen LogP) is 5.31. The lowest BCUT2D eigenvalue weighted by atomic mass is 9.99. The third-order valence-corrected chi connectivity index (χ3v) is 4.39. The van der Waals surface area contributed by atoms with E-state index in [0.29, 0.717) is 6.42 Å². The van der Waals surface area contributed by atoms with Crippen molar-refractivity contribution in [3.63, 3.8) is 0 Å². The van der Waals surface area contributed by atoms with Crippen LogP contribution in [0.15, 0.2) is 54.6 Å². The van der Waals surface area contributed by atoms with Gasteiger partial charge >= 0.3 is 0 Å². The summed E-state index contributed by atoms with van der Waals surface area (Å²) in [6.45, 7) is 4.17. The molecule has 1 heterocycles. The lowest BCUT2D eigenvalue weighted by molar-refractivity contribution is 0.0993. The number of hydrogen-bond acceptors (Lipinski definition) is 2. The van der Waals surface area contributed by atoms with Gasteiger partial charge in [0.1, 0.15) is 0 Å². The summed E-state index contributed by atoms with van der Waals surface area (Å²) >= 11 is 0. The van der Waals surface area contributed by atoms with Gasteiger partial charge in [0.15, 0.2) is 5.78 Å². The van der Waals surface area contributed by atoms with Gasteiger partial charge in [-0.1, -0.05) is 61.9 Å². The number of para-hydroxylation sites is 1. The molecule has 122 valence electrons. The number of aryl methyl sites for hydroxylation is 2. The molecule has 0 N–H and O–H groups in total. The SMILES string of the molecule is CCCCc1ccc(C(=O)Cc2cccc3ccc(C)nc23)cc1. The number of pyridine rings is 1. The second-order valence-electron chi connectivity index (χ2n) is 6.34. The molecule has 0 aliphatic heterocycles. The van der Waals surface area contributed by atoms with Gasteiger partial charge in [0.2, 0.25) is 0 Å². The number of hydrogen-bond donors (Lipinski definition) is 0. The van der Waals surface area contributed by atoms with Crippen LogP contribution in [0.2, 0.25) is 0 Å². The number of unbranched alkanes of at least 4 members (excludes halogenated alkanes) is 1. The molecule has 0 saturated carbocycles. The van der Waals surface area contributed by atoms with Crippen molar-refractivity contribution in [3.05, 3.63) is 77.0 Å². The van der Waals surface area contributed by atoms with Gasteiger partial charge in [-0.25, -0.2) is 0 Å². The van der Waals surface area contributed by atoms with E-state index < -0.39 is 0 Å². The summed E-state index contributed by atoms with van der Waals surface area (Å²) in [6, 6.07) is 18.2. The van der Waals surface area contributed by atoms with Crippen LogP contribution >= 0.6 is 0 Å². The summed E-state index contributed by atoms with van der Waals surface area (Å²) in [4.78, 5) is 17.3. The Labute approximate surface area is 143 Å². The Hall–Kier alpha value is -2.48. The number of nitrogens with zero attached hydrogens (tertiary/aromatic N) is 1. The van der Waals surface area contributed by atoms with E-state index in [-0.39, 0.29) is 5.78 Å². The molecular formula is C22H23NO. The molecule has 0 spiro atoms. The maximum atomic E-state index is 12.6. The van der Waals surface area contributed by atoms with E-state index in [1.54, 1.807) is 0 Å². The summed E-state index contributed by atoms with van der Waals surface area (Å²) in [5.74, 6) is 0.146. The van der Waals surface area contributed by atoms with Gasteiger partial charge in [0.25, 0.3) is 0 Å². The minimum absolute atomic E-state index is 0.146. The van der Waals surface area contributed by atoms with Gasteiger partial charge in [-0.2, -0.15) is 0 Å². The number of aromatic nitrogens is 1. The van der Waals surface area contributed by atoms with Gasteiger partial charge in [-0.3, -0.25) is 9.78 Å². The highest BCUT2D eigenvalue weighted by molar-refractivity contribution is 5.99. The van der Waals surface area contributed by atoms with Crippen molar-refractivity contribution in [2.75, 3.05) is 0 Å². The van der Waals surface area contributed by atoms with Crippen molar-refractivity contribution in [3.8, 4) is 0 Å². The highest BCUT2D eigenvalue weighted by Crippen LogP contribution is 2.19. The van der Waals surface area contributed by atoms with Crippen LogP contribution in [-0.2, 0) is 12.8 Å². The first-order chi connectivity index (χ1) is 11.7. The predicted molar refractivity (Wildman–Crippen MR) is 99.6 cm³/mol. The van der Waals surface area contributed by atoms with Crippen LogP contribution in [0.3, 0.4) is 0 Å². The molecule has 0 aliphatic carbocycles. The van der Waals surface area contributed by atoms with E-state index in [1.807, 2.05) is 43.3 Å². The average molecular weight is 317 g/mol. The van der Waals surface area contributed by atoms with Gasteiger partial charge in [-0.05, 0) is 37.0 Å². The molecule has 0 saturated heterocycles. The first-order valence-corrected chi connectivity index (χ1v) is 8.65. The van der Waals surface area contributed by atoms with Gasteiger partial charge in [0, 0.05) is 23.1 Å². The highest BCUT2D eigenvalue weighted by atomic mass is 16.1. The minimum Gasteiger partial charge on any atom is -0.294 e. The molecule has 2 aromatic carbocycles. The summed E-state index contributed by atoms with van der Waals surface area (Å²) in [6.07, 6.45) is 3.85. The number of Topliss-reactive ketones (excluding diaryl/α,β-unsaturated/α-hetero) is 1. The number of rotatable bonds is 6. The molecule has 0 unspecified atom stereocenters. The van der Waals surface area contributed by atoms with Crippen LogP contribution in [0.25, 0.3) is 10.9 Å². The molecule has 0 amide bonds. The molecule has 2 nitrogen and oxygen atoms in total. The van der Waals surface area contributed by atoms with Crippen molar-refractivity contribution in [1.29, 1.82) is 0 Å². The van der Waals surface area contributed by atoms with Crippen molar-refractivity contribution in [2.24, 2.45) is 0 Å².